The van der Waals surface area contributed by atoms with E-state index in [1.54, 1.807) is 18.4 Å². The Hall–Kier alpha value is -1.78. The van der Waals surface area contributed by atoms with Gasteiger partial charge < -0.3 is 9.84 Å². The van der Waals surface area contributed by atoms with Crippen LogP contribution in [0.2, 0.25) is 0 Å². The fraction of sp³-hybridized carbons (Fsp3) is 0.588. The molecule has 8 nitrogen and oxygen atoms in total. The van der Waals surface area contributed by atoms with Crippen molar-refractivity contribution >= 4 is 27.3 Å². The van der Waals surface area contributed by atoms with Crippen molar-refractivity contribution in [3.63, 3.8) is 0 Å². The summed E-state index contributed by atoms with van der Waals surface area (Å²) in [6.07, 6.45) is 1.94. The van der Waals surface area contributed by atoms with Gasteiger partial charge in [0.15, 0.2) is 0 Å². The minimum Gasteiger partial charge on any atom is -0.353 e. The van der Waals surface area contributed by atoms with E-state index in [-0.39, 0.29) is 22.1 Å². The smallest absolute Gasteiger partial charge is 0.252 e. The molecule has 1 aliphatic rings. The molecule has 0 unspecified atom stereocenters. The second-order valence-corrected chi connectivity index (χ2v) is 9.86. The highest BCUT2D eigenvalue weighted by Gasteiger charge is 2.33. The van der Waals surface area contributed by atoms with E-state index < -0.39 is 10.0 Å². The number of hydrogen-bond donors (Lipinski definition) is 1. The molecule has 0 aliphatic carbocycles. The molecule has 0 radical (unpaired) electrons. The molecule has 0 saturated carbocycles. The number of sulfonamides is 1. The van der Waals surface area contributed by atoms with Crippen LogP contribution in [0.4, 0.5) is 0 Å². The maximum atomic E-state index is 12.9. The summed E-state index contributed by atoms with van der Waals surface area (Å²) in [5, 5.41) is 8.51. The molecule has 27 heavy (non-hydrogen) atoms. The van der Waals surface area contributed by atoms with Crippen LogP contribution in [0.25, 0.3) is 11.4 Å². The number of hydrogen-bond acceptors (Lipinski definition) is 7. The van der Waals surface area contributed by atoms with E-state index in [1.165, 1.54) is 4.31 Å². The largest absolute Gasteiger partial charge is 0.353 e. The van der Waals surface area contributed by atoms with Crippen LogP contribution < -0.4 is 5.32 Å². The maximum absolute atomic E-state index is 12.9. The van der Waals surface area contributed by atoms with Crippen molar-refractivity contribution in [1.82, 2.24) is 19.8 Å². The standard InChI is InChI=1S/C17H24N4O4S2/c1-4-11(2)18-17(22)13-5-7-21(8-6-13)27(23,24)15-9-14(10-26-15)16-19-12(3)25-20-16/h9-11,13H,4-8H2,1-3H3,(H,18,22)/t11-/m0/s1. The van der Waals surface area contributed by atoms with E-state index in [2.05, 4.69) is 15.5 Å². The SMILES string of the molecule is CC[C@H](C)NC(=O)C1CCN(S(=O)(=O)c2cc(-c3noc(C)n3)cs2)CC1. The lowest BCUT2D eigenvalue weighted by molar-refractivity contribution is -0.126. The molecular weight excluding hydrogens is 388 g/mol. The van der Waals surface area contributed by atoms with Crippen molar-refractivity contribution in [1.29, 1.82) is 0 Å². The van der Waals surface area contributed by atoms with Crippen molar-refractivity contribution in [2.75, 3.05) is 13.1 Å². The average molecular weight is 413 g/mol. The molecule has 3 rings (SSSR count). The van der Waals surface area contributed by atoms with Crippen LogP contribution in [-0.4, -0.2) is 47.9 Å². The number of carbonyl (C=O) groups is 1. The molecular formula is C17H24N4O4S2. The molecule has 2 aromatic rings. The third-order valence-electron chi connectivity index (χ3n) is 4.78. The third kappa shape index (κ3) is 4.39. The molecule has 1 amide bonds. The van der Waals surface area contributed by atoms with Gasteiger partial charge in [-0.25, -0.2) is 8.42 Å². The molecule has 10 heteroatoms. The van der Waals surface area contributed by atoms with E-state index in [9.17, 15) is 13.2 Å². The van der Waals surface area contributed by atoms with Crippen molar-refractivity contribution in [2.45, 2.75) is 50.3 Å². The van der Waals surface area contributed by atoms with Gasteiger partial charge in [0.05, 0.1) is 0 Å². The predicted octanol–water partition coefficient (Wildman–Crippen LogP) is 2.42. The van der Waals surface area contributed by atoms with Crippen molar-refractivity contribution < 1.29 is 17.7 Å². The fourth-order valence-electron chi connectivity index (χ4n) is 2.93. The van der Waals surface area contributed by atoms with Gasteiger partial charge in [0.1, 0.15) is 4.21 Å². The van der Waals surface area contributed by atoms with E-state index in [4.69, 9.17) is 4.52 Å². The van der Waals surface area contributed by atoms with Gasteiger partial charge in [-0.05, 0) is 32.3 Å². The Morgan fingerprint density at radius 3 is 2.74 bits per heavy atom. The topological polar surface area (TPSA) is 105 Å². The van der Waals surface area contributed by atoms with Gasteiger partial charge >= 0.3 is 0 Å². The summed E-state index contributed by atoms with van der Waals surface area (Å²) in [5.41, 5.74) is 0.623. The Kier molecular flexibility index (Phi) is 5.97. The number of rotatable bonds is 6. The number of nitrogens with one attached hydrogen (secondary N) is 1. The Balaban J connectivity index is 1.65. The van der Waals surface area contributed by atoms with Crippen LogP contribution in [-0.2, 0) is 14.8 Å². The lowest BCUT2D eigenvalue weighted by Gasteiger charge is -2.30. The summed E-state index contributed by atoms with van der Waals surface area (Å²) < 4.78 is 32.5. The number of aromatic nitrogens is 2. The van der Waals surface area contributed by atoms with Gasteiger partial charge in [-0.2, -0.15) is 9.29 Å². The molecule has 1 aliphatic heterocycles. The van der Waals surface area contributed by atoms with E-state index >= 15 is 0 Å². The zero-order valence-corrected chi connectivity index (χ0v) is 17.3. The van der Waals surface area contributed by atoms with Gasteiger partial charge in [0, 0.05) is 42.9 Å². The second kappa shape index (κ2) is 8.07. The molecule has 148 valence electrons. The van der Waals surface area contributed by atoms with Gasteiger partial charge in [0.25, 0.3) is 10.0 Å². The average Bonchev–Trinajstić information content (AvgIpc) is 3.31. The highest BCUT2D eigenvalue weighted by molar-refractivity contribution is 7.91. The van der Waals surface area contributed by atoms with Gasteiger partial charge in [-0.3, -0.25) is 4.79 Å². The predicted molar refractivity (Wildman–Crippen MR) is 102 cm³/mol. The Labute approximate surface area is 163 Å². The Bertz CT molecular complexity index is 898. The second-order valence-electron chi connectivity index (χ2n) is 6.79. The van der Waals surface area contributed by atoms with Crippen LogP contribution in [0.15, 0.2) is 20.2 Å². The van der Waals surface area contributed by atoms with Crippen molar-refractivity contribution in [3.05, 3.63) is 17.3 Å². The molecule has 3 heterocycles. The van der Waals surface area contributed by atoms with Crippen LogP contribution in [0.5, 0.6) is 0 Å². The highest BCUT2D eigenvalue weighted by atomic mass is 32.2. The maximum Gasteiger partial charge on any atom is 0.252 e. The minimum absolute atomic E-state index is 0.0206. The first-order chi connectivity index (χ1) is 12.8. The first-order valence-electron chi connectivity index (χ1n) is 9.01. The number of carbonyl (C=O) groups excluding carboxylic acids is 1. The molecule has 2 aromatic heterocycles. The number of aryl methyl sites for hydroxylation is 1. The fourth-order valence-corrected chi connectivity index (χ4v) is 5.71. The van der Waals surface area contributed by atoms with E-state index in [0.717, 1.165) is 17.8 Å². The van der Waals surface area contributed by atoms with Crippen LogP contribution in [0, 0.1) is 12.8 Å². The normalized spacial score (nSPS) is 17.7. The lowest BCUT2D eigenvalue weighted by atomic mass is 9.97. The van der Waals surface area contributed by atoms with E-state index in [0.29, 0.717) is 43.2 Å². The molecule has 1 saturated heterocycles. The molecule has 1 atom stereocenters. The van der Waals surface area contributed by atoms with E-state index in [1.807, 2.05) is 13.8 Å². The van der Waals surface area contributed by atoms with Crippen LogP contribution in [0.3, 0.4) is 0 Å². The minimum atomic E-state index is -3.59. The molecule has 0 bridgehead atoms. The van der Waals surface area contributed by atoms with Crippen molar-refractivity contribution in [3.8, 4) is 11.4 Å². The van der Waals surface area contributed by atoms with Crippen LogP contribution in [0.1, 0.15) is 39.0 Å². The summed E-state index contributed by atoms with van der Waals surface area (Å²) in [7, 11) is -3.59. The summed E-state index contributed by atoms with van der Waals surface area (Å²) in [6.45, 7) is 6.36. The lowest BCUT2D eigenvalue weighted by Crippen LogP contribution is -2.44. The zero-order chi connectivity index (χ0) is 19.6. The van der Waals surface area contributed by atoms with Gasteiger partial charge in [-0.1, -0.05) is 12.1 Å². The number of amides is 1. The van der Waals surface area contributed by atoms with Gasteiger partial charge in [-0.15, -0.1) is 11.3 Å². The molecule has 0 aromatic carbocycles. The quantitative estimate of drug-likeness (QED) is 0.781. The Morgan fingerprint density at radius 2 is 2.15 bits per heavy atom. The van der Waals surface area contributed by atoms with Gasteiger partial charge in [0.2, 0.25) is 17.6 Å². The van der Waals surface area contributed by atoms with Crippen LogP contribution >= 0.6 is 11.3 Å². The summed E-state index contributed by atoms with van der Waals surface area (Å²) >= 11 is 1.14. The summed E-state index contributed by atoms with van der Waals surface area (Å²) in [4.78, 5) is 16.4. The zero-order valence-electron chi connectivity index (χ0n) is 15.6. The highest BCUT2D eigenvalue weighted by Crippen LogP contribution is 2.31. The van der Waals surface area contributed by atoms with Crippen molar-refractivity contribution in [2.24, 2.45) is 5.92 Å². The molecule has 0 spiro atoms. The molecule has 1 N–H and O–H groups in total. The summed E-state index contributed by atoms with van der Waals surface area (Å²) in [6, 6.07) is 1.71. The first kappa shape index (κ1) is 20.0. The monoisotopic (exact) mass is 412 g/mol. The molecule has 1 fully saturated rings. The Morgan fingerprint density at radius 1 is 1.44 bits per heavy atom. The first-order valence-corrected chi connectivity index (χ1v) is 11.3. The third-order valence-corrected chi connectivity index (χ3v) is 8.09. The summed E-state index contributed by atoms with van der Waals surface area (Å²) in [5.74, 6) is 0.697. The number of piperidine rings is 1. The number of thiophene rings is 1. The number of nitrogens with zero attached hydrogens (tertiary/aromatic N) is 3.